The quantitative estimate of drug-likeness (QED) is 0.895. The first-order valence-electron chi connectivity index (χ1n) is 7.34. The Balaban J connectivity index is 2.31. The van der Waals surface area contributed by atoms with Gasteiger partial charge >= 0.3 is 0 Å². The van der Waals surface area contributed by atoms with Crippen molar-refractivity contribution in [2.45, 2.75) is 39.2 Å². The van der Waals surface area contributed by atoms with Crippen LogP contribution >= 0.6 is 0 Å². The summed E-state index contributed by atoms with van der Waals surface area (Å²) in [6.07, 6.45) is 0. The summed E-state index contributed by atoms with van der Waals surface area (Å²) in [4.78, 5) is 14.1. The number of nitrogens with zero attached hydrogens (tertiary/aromatic N) is 4. The highest BCUT2D eigenvalue weighted by Gasteiger charge is 2.24. The zero-order chi connectivity index (χ0) is 14.9. The van der Waals surface area contributed by atoms with Gasteiger partial charge in [-0.05, 0) is 14.0 Å². The van der Waals surface area contributed by atoms with Crippen LogP contribution in [0.25, 0.3) is 0 Å². The van der Waals surface area contributed by atoms with Crippen LogP contribution in [0.5, 0.6) is 0 Å². The highest BCUT2D eigenvalue weighted by Crippen LogP contribution is 2.25. The lowest BCUT2D eigenvalue weighted by atomic mass is 9.95. The van der Waals surface area contributed by atoms with E-state index in [1.54, 1.807) is 0 Å². The van der Waals surface area contributed by atoms with Crippen LogP contribution in [0.4, 0.5) is 11.6 Å². The van der Waals surface area contributed by atoms with Crippen molar-refractivity contribution in [2.75, 3.05) is 43.9 Å². The van der Waals surface area contributed by atoms with Crippen LogP contribution in [0.3, 0.4) is 0 Å². The summed E-state index contributed by atoms with van der Waals surface area (Å²) in [7, 11) is 4.09. The van der Waals surface area contributed by atoms with Crippen molar-refractivity contribution in [1.29, 1.82) is 0 Å². The van der Waals surface area contributed by atoms with E-state index in [0.29, 0.717) is 6.04 Å². The molecule has 0 radical (unpaired) electrons. The van der Waals surface area contributed by atoms with Crippen molar-refractivity contribution >= 4 is 11.6 Å². The summed E-state index contributed by atoms with van der Waals surface area (Å²) in [5.74, 6) is 2.83. The minimum atomic E-state index is -0.0419. The van der Waals surface area contributed by atoms with Crippen molar-refractivity contribution < 1.29 is 0 Å². The van der Waals surface area contributed by atoms with Crippen LogP contribution < -0.4 is 10.2 Å². The van der Waals surface area contributed by atoms with Crippen LogP contribution in [-0.4, -0.2) is 54.6 Å². The van der Waals surface area contributed by atoms with E-state index in [4.69, 9.17) is 4.98 Å². The van der Waals surface area contributed by atoms with E-state index >= 15 is 0 Å². The standard InChI is InChI=1S/C15H27N5/c1-11-10-20(8-7-19(11)6)13-9-12(16-5)17-14(18-13)15(2,3)4/h9,11H,7-8,10H2,1-6H3,(H,16,17,18). The smallest absolute Gasteiger partial charge is 0.138 e. The highest BCUT2D eigenvalue weighted by molar-refractivity contribution is 5.50. The van der Waals surface area contributed by atoms with E-state index in [1.165, 1.54) is 0 Å². The van der Waals surface area contributed by atoms with Gasteiger partial charge in [0.1, 0.15) is 17.5 Å². The minimum Gasteiger partial charge on any atom is -0.373 e. The highest BCUT2D eigenvalue weighted by atomic mass is 15.3. The summed E-state index contributed by atoms with van der Waals surface area (Å²) >= 11 is 0. The third-order valence-electron chi connectivity index (χ3n) is 3.92. The normalized spacial score (nSPS) is 21.1. The lowest BCUT2D eigenvalue weighted by Crippen LogP contribution is -2.50. The number of rotatable bonds is 2. The van der Waals surface area contributed by atoms with Crippen molar-refractivity contribution in [3.05, 3.63) is 11.9 Å². The Morgan fingerprint density at radius 3 is 2.50 bits per heavy atom. The molecule has 112 valence electrons. The second-order valence-corrected chi connectivity index (χ2v) is 6.71. The third kappa shape index (κ3) is 3.20. The lowest BCUT2D eigenvalue weighted by Gasteiger charge is -2.38. The summed E-state index contributed by atoms with van der Waals surface area (Å²) in [6.45, 7) is 11.8. The van der Waals surface area contributed by atoms with Crippen LogP contribution in [0.1, 0.15) is 33.5 Å². The van der Waals surface area contributed by atoms with E-state index in [2.05, 4.69) is 54.8 Å². The number of nitrogens with one attached hydrogen (secondary N) is 1. The van der Waals surface area contributed by atoms with Crippen LogP contribution in [0.2, 0.25) is 0 Å². The Bertz CT molecular complexity index is 466. The zero-order valence-electron chi connectivity index (χ0n) is 13.6. The van der Waals surface area contributed by atoms with Gasteiger partial charge in [0.2, 0.25) is 0 Å². The molecule has 0 saturated carbocycles. The van der Waals surface area contributed by atoms with E-state index < -0.39 is 0 Å². The summed E-state index contributed by atoms with van der Waals surface area (Å²) in [6, 6.07) is 2.60. The number of anilines is 2. The van der Waals surface area contributed by atoms with Crippen LogP contribution in [0.15, 0.2) is 6.07 Å². The van der Waals surface area contributed by atoms with Crippen LogP contribution in [0, 0.1) is 0 Å². The van der Waals surface area contributed by atoms with Gasteiger partial charge in [-0.15, -0.1) is 0 Å². The SMILES string of the molecule is CNc1cc(N2CCN(C)C(C)C2)nc(C(C)(C)C)n1. The second-order valence-electron chi connectivity index (χ2n) is 6.71. The van der Waals surface area contributed by atoms with Crippen molar-refractivity contribution in [3.63, 3.8) is 0 Å². The van der Waals surface area contributed by atoms with Gasteiger partial charge < -0.3 is 15.1 Å². The monoisotopic (exact) mass is 277 g/mol. The first kappa shape index (κ1) is 15.0. The predicted molar refractivity (Wildman–Crippen MR) is 84.6 cm³/mol. The molecule has 1 unspecified atom stereocenters. The Labute approximate surface area is 122 Å². The number of piperazine rings is 1. The van der Waals surface area contributed by atoms with Gasteiger partial charge in [0.15, 0.2) is 0 Å². The van der Waals surface area contributed by atoms with Gasteiger partial charge in [0.05, 0.1) is 0 Å². The molecule has 20 heavy (non-hydrogen) atoms. The van der Waals surface area contributed by atoms with Gasteiger partial charge in [-0.3, -0.25) is 0 Å². The van der Waals surface area contributed by atoms with Gasteiger partial charge in [-0.25, -0.2) is 9.97 Å². The molecule has 1 N–H and O–H groups in total. The number of likely N-dealkylation sites (N-methyl/N-ethyl adjacent to an activating group) is 1. The summed E-state index contributed by atoms with van der Waals surface area (Å²) < 4.78 is 0. The first-order valence-corrected chi connectivity index (χ1v) is 7.34. The molecular formula is C15H27N5. The van der Waals surface area contributed by atoms with Gasteiger partial charge in [0, 0.05) is 44.2 Å². The third-order valence-corrected chi connectivity index (χ3v) is 3.92. The number of hydrogen-bond acceptors (Lipinski definition) is 5. The Morgan fingerprint density at radius 2 is 1.95 bits per heavy atom. The molecule has 5 heteroatoms. The maximum Gasteiger partial charge on any atom is 0.138 e. The molecule has 2 heterocycles. The molecule has 1 fully saturated rings. The predicted octanol–water partition coefficient (Wildman–Crippen LogP) is 1.96. The van der Waals surface area contributed by atoms with Gasteiger partial charge in [0.25, 0.3) is 0 Å². The molecular weight excluding hydrogens is 250 g/mol. The molecule has 1 atom stereocenters. The molecule has 2 rings (SSSR count). The molecule has 1 saturated heterocycles. The van der Waals surface area contributed by atoms with Crippen LogP contribution in [-0.2, 0) is 5.41 Å². The molecule has 1 aromatic heterocycles. The van der Waals surface area contributed by atoms with E-state index in [-0.39, 0.29) is 5.41 Å². The average molecular weight is 277 g/mol. The molecule has 0 amide bonds. The van der Waals surface area contributed by atoms with E-state index in [9.17, 15) is 0 Å². The lowest BCUT2D eigenvalue weighted by molar-refractivity contribution is 0.233. The molecule has 1 aromatic rings. The first-order chi connectivity index (χ1) is 9.31. The minimum absolute atomic E-state index is 0.0419. The molecule has 0 bridgehead atoms. The maximum atomic E-state index is 4.79. The average Bonchev–Trinajstić information content (AvgIpc) is 2.40. The maximum absolute atomic E-state index is 4.79. The van der Waals surface area contributed by atoms with Crippen molar-refractivity contribution in [2.24, 2.45) is 0 Å². The fourth-order valence-electron chi connectivity index (χ4n) is 2.32. The van der Waals surface area contributed by atoms with E-state index in [1.807, 2.05) is 13.1 Å². The summed E-state index contributed by atoms with van der Waals surface area (Å²) in [5, 5.41) is 3.15. The van der Waals surface area contributed by atoms with E-state index in [0.717, 1.165) is 37.1 Å². The Kier molecular flexibility index (Phi) is 4.18. The number of aromatic nitrogens is 2. The van der Waals surface area contributed by atoms with Crippen molar-refractivity contribution in [3.8, 4) is 0 Å². The second kappa shape index (κ2) is 5.56. The largest absolute Gasteiger partial charge is 0.373 e. The topological polar surface area (TPSA) is 44.3 Å². The Hall–Kier alpha value is -1.36. The zero-order valence-corrected chi connectivity index (χ0v) is 13.6. The molecule has 1 aliphatic heterocycles. The fraction of sp³-hybridized carbons (Fsp3) is 0.733. The fourth-order valence-corrected chi connectivity index (χ4v) is 2.32. The molecule has 5 nitrogen and oxygen atoms in total. The molecule has 0 aliphatic carbocycles. The van der Waals surface area contributed by atoms with Gasteiger partial charge in [-0.1, -0.05) is 20.8 Å². The van der Waals surface area contributed by atoms with Gasteiger partial charge in [-0.2, -0.15) is 0 Å². The Morgan fingerprint density at radius 1 is 1.25 bits per heavy atom. The van der Waals surface area contributed by atoms with Crippen molar-refractivity contribution in [1.82, 2.24) is 14.9 Å². The molecule has 0 aromatic carbocycles. The number of hydrogen-bond donors (Lipinski definition) is 1. The molecule has 1 aliphatic rings. The molecule has 0 spiro atoms. The summed E-state index contributed by atoms with van der Waals surface area (Å²) in [5.41, 5.74) is -0.0419.